The number of sulfone groups is 1. The highest BCUT2D eigenvalue weighted by Crippen LogP contribution is 2.19. The van der Waals surface area contributed by atoms with Crippen molar-refractivity contribution in [2.24, 2.45) is 0 Å². The lowest BCUT2D eigenvalue weighted by Crippen LogP contribution is -2.44. The Balaban J connectivity index is 2.58. The Labute approximate surface area is 148 Å². The first kappa shape index (κ1) is 21.0. The summed E-state index contributed by atoms with van der Waals surface area (Å²) in [6, 6.07) is 6.03. The Morgan fingerprint density at radius 3 is 2.52 bits per heavy atom. The van der Waals surface area contributed by atoms with Crippen LogP contribution in [0.3, 0.4) is 0 Å². The third-order valence-electron chi connectivity index (χ3n) is 3.69. The Bertz CT molecular complexity index is 699. The number of carboxylic acid groups (broad SMARTS) is 1. The number of amides is 1. The predicted molar refractivity (Wildman–Crippen MR) is 94.5 cm³/mol. The minimum atomic E-state index is -3.30. The fraction of sp³-hybridized carbons (Fsp3) is 0.529. The standard InChI is InChI=1S/C17H25NO6S/c1-4-25(22,23)9-8-15(17(20)21)18-16(19)11-24-14-7-5-6-13(10-14)12(2)3/h5-7,10,12,15H,4,8-9,11H2,1-3H3,(H,18,19)(H,20,21). The zero-order chi connectivity index (χ0) is 19.0. The highest BCUT2D eigenvalue weighted by molar-refractivity contribution is 7.91. The van der Waals surface area contributed by atoms with Crippen molar-refractivity contribution in [2.45, 2.75) is 39.2 Å². The van der Waals surface area contributed by atoms with Gasteiger partial charge in [0.05, 0.1) is 5.75 Å². The summed E-state index contributed by atoms with van der Waals surface area (Å²) in [6.45, 7) is 5.22. The first-order valence-electron chi connectivity index (χ1n) is 8.10. The van der Waals surface area contributed by atoms with Gasteiger partial charge in [0.2, 0.25) is 0 Å². The van der Waals surface area contributed by atoms with Gasteiger partial charge >= 0.3 is 5.97 Å². The van der Waals surface area contributed by atoms with Gasteiger partial charge in [0.1, 0.15) is 21.6 Å². The molecule has 0 saturated carbocycles. The summed E-state index contributed by atoms with van der Waals surface area (Å²) in [4.78, 5) is 23.1. The van der Waals surface area contributed by atoms with E-state index >= 15 is 0 Å². The van der Waals surface area contributed by atoms with Gasteiger partial charge in [-0.05, 0) is 30.0 Å². The quantitative estimate of drug-likeness (QED) is 0.646. The molecule has 140 valence electrons. The minimum absolute atomic E-state index is 0.0669. The van der Waals surface area contributed by atoms with Crippen molar-refractivity contribution in [1.82, 2.24) is 5.32 Å². The average molecular weight is 371 g/mol. The van der Waals surface area contributed by atoms with E-state index < -0.39 is 27.8 Å². The van der Waals surface area contributed by atoms with Gasteiger partial charge in [-0.25, -0.2) is 13.2 Å². The average Bonchev–Trinajstić information content (AvgIpc) is 2.56. The van der Waals surface area contributed by atoms with Gasteiger partial charge in [-0.15, -0.1) is 0 Å². The van der Waals surface area contributed by atoms with Crippen molar-refractivity contribution in [3.05, 3.63) is 29.8 Å². The van der Waals surface area contributed by atoms with Crippen LogP contribution < -0.4 is 10.1 Å². The van der Waals surface area contributed by atoms with Crippen LogP contribution in [0.5, 0.6) is 5.75 Å². The number of rotatable bonds is 10. The lowest BCUT2D eigenvalue weighted by Gasteiger charge is -2.15. The first-order chi connectivity index (χ1) is 11.6. The third-order valence-corrected chi connectivity index (χ3v) is 5.42. The molecule has 1 rings (SSSR count). The summed E-state index contributed by atoms with van der Waals surface area (Å²) in [5.74, 6) is -1.42. The molecule has 0 heterocycles. The second kappa shape index (κ2) is 9.41. The van der Waals surface area contributed by atoms with E-state index in [4.69, 9.17) is 9.84 Å². The topological polar surface area (TPSA) is 110 Å². The van der Waals surface area contributed by atoms with Crippen LogP contribution in [0.4, 0.5) is 0 Å². The van der Waals surface area contributed by atoms with Crippen LogP contribution in [0.2, 0.25) is 0 Å². The number of hydrogen-bond acceptors (Lipinski definition) is 5. The highest BCUT2D eigenvalue weighted by atomic mass is 32.2. The van der Waals surface area contributed by atoms with Crippen molar-refractivity contribution >= 4 is 21.7 Å². The molecule has 1 atom stereocenters. The highest BCUT2D eigenvalue weighted by Gasteiger charge is 2.22. The second-order valence-electron chi connectivity index (χ2n) is 6.00. The third kappa shape index (κ3) is 7.55. The predicted octanol–water partition coefficient (Wildman–Crippen LogP) is 1.58. The van der Waals surface area contributed by atoms with Gasteiger partial charge in [0.25, 0.3) is 5.91 Å². The van der Waals surface area contributed by atoms with Gasteiger partial charge < -0.3 is 15.2 Å². The molecule has 0 aromatic heterocycles. The fourth-order valence-corrected chi connectivity index (χ4v) is 2.93. The Morgan fingerprint density at radius 2 is 1.96 bits per heavy atom. The molecule has 7 nitrogen and oxygen atoms in total. The van der Waals surface area contributed by atoms with Crippen molar-refractivity contribution in [3.8, 4) is 5.75 Å². The van der Waals surface area contributed by atoms with E-state index in [9.17, 15) is 18.0 Å². The monoisotopic (exact) mass is 371 g/mol. The molecule has 8 heteroatoms. The molecule has 0 aliphatic rings. The zero-order valence-corrected chi connectivity index (χ0v) is 15.5. The molecule has 0 spiro atoms. The molecule has 0 aliphatic carbocycles. The SMILES string of the molecule is CCS(=O)(=O)CCC(NC(=O)COc1cccc(C(C)C)c1)C(=O)O. The van der Waals surface area contributed by atoms with Gasteiger partial charge in [0.15, 0.2) is 6.61 Å². The van der Waals surface area contributed by atoms with Crippen LogP contribution >= 0.6 is 0 Å². The number of carboxylic acids is 1. The van der Waals surface area contributed by atoms with Crippen molar-refractivity contribution in [2.75, 3.05) is 18.1 Å². The molecule has 1 aromatic rings. The summed E-state index contributed by atoms with van der Waals surface area (Å²) < 4.78 is 28.3. The molecule has 0 radical (unpaired) electrons. The molecule has 1 aromatic carbocycles. The van der Waals surface area contributed by atoms with E-state index in [1.807, 2.05) is 32.0 Å². The Hall–Kier alpha value is -2.09. The van der Waals surface area contributed by atoms with Gasteiger partial charge in [-0.3, -0.25) is 4.79 Å². The van der Waals surface area contributed by atoms with Crippen molar-refractivity contribution < 1.29 is 27.9 Å². The molecule has 1 amide bonds. The number of benzene rings is 1. The van der Waals surface area contributed by atoms with E-state index in [1.54, 1.807) is 6.07 Å². The number of nitrogens with one attached hydrogen (secondary N) is 1. The molecule has 0 aliphatic heterocycles. The summed E-state index contributed by atoms with van der Waals surface area (Å²) in [7, 11) is -3.30. The van der Waals surface area contributed by atoms with E-state index in [1.165, 1.54) is 6.92 Å². The Morgan fingerprint density at radius 1 is 1.28 bits per heavy atom. The van der Waals surface area contributed by atoms with Crippen molar-refractivity contribution in [3.63, 3.8) is 0 Å². The van der Waals surface area contributed by atoms with E-state index in [2.05, 4.69) is 5.32 Å². The second-order valence-corrected chi connectivity index (χ2v) is 8.47. The van der Waals surface area contributed by atoms with Crippen LogP contribution in [0.1, 0.15) is 38.7 Å². The zero-order valence-electron chi connectivity index (χ0n) is 14.7. The van der Waals surface area contributed by atoms with Crippen LogP contribution in [0.15, 0.2) is 24.3 Å². The summed E-state index contributed by atoms with van der Waals surface area (Å²) in [6.07, 6.45) is -0.180. The van der Waals surface area contributed by atoms with Crippen LogP contribution in [0, 0.1) is 0 Å². The van der Waals surface area contributed by atoms with E-state index in [-0.39, 0.29) is 24.5 Å². The Kier molecular flexibility index (Phi) is 7.89. The number of hydrogen-bond donors (Lipinski definition) is 2. The lowest BCUT2D eigenvalue weighted by atomic mass is 10.0. The summed E-state index contributed by atoms with van der Waals surface area (Å²) >= 11 is 0. The first-order valence-corrected chi connectivity index (χ1v) is 9.92. The maximum absolute atomic E-state index is 11.9. The number of carbonyl (C=O) groups is 2. The summed E-state index contributed by atoms with van der Waals surface area (Å²) in [5.41, 5.74) is 1.06. The summed E-state index contributed by atoms with van der Waals surface area (Å²) in [5, 5.41) is 11.4. The minimum Gasteiger partial charge on any atom is -0.484 e. The molecule has 2 N–H and O–H groups in total. The van der Waals surface area contributed by atoms with E-state index in [0.29, 0.717) is 11.7 Å². The van der Waals surface area contributed by atoms with Crippen LogP contribution in [-0.2, 0) is 19.4 Å². The van der Waals surface area contributed by atoms with E-state index in [0.717, 1.165) is 5.56 Å². The molecule has 0 fully saturated rings. The van der Waals surface area contributed by atoms with Crippen LogP contribution in [0.25, 0.3) is 0 Å². The normalized spacial score (nSPS) is 12.6. The molecule has 1 unspecified atom stereocenters. The van der Waals surface area contributed by atoms with Crippen LogP contribution in [-0.4, -0.2) is 49.6 Å². The van der Waals surface area contributed by atoms with Gasteiger partial charge in [-0.1, -0.05) is 32.9 Å². The number of aliphatic carboxylic acids is 1. The smallest absolute Gasteiger partial charge is 0.326 e. The number of ether oxygens (including phenoxy) is 1. The largest absolute Gasteiger partial charge is 0.484 e. The lowest BCUT2D eigenvalue weighted by molar-refractivity contribution is -0.142. The van der Waals surface area contributed by atoms with Gasteiger partial charge in [0, 0.05) is 5.75 Å². The van der Waals surface area contributed by atoms with Crippen molar-refractivity contribution in [1.29, 1.82) is 0 Å². The molecule has 0 saturated heterocycles. The maximum atomic E-state index is 11.9. The maximum Gasteiger partial charge on any atom is 0.326 e. The molecule has 25 heavy (non-hydrogen) atoms. The molecular formula is C17H25NO6S. The molecular weight excluding hydrogens is 346 g/mol. The van der Waals surface area contributed by atoms with Gasteiger partial charge in [-0.2, -0.15) is 0 Å². The fourth-order valence-electron chi connectivity index (χ4n) is 2.05. The molecule has 0 bridgehead atoms. The number of carbonyl (C=O) groups excluding carboxylic acids is 1.